The van der Waals surface area contributed by atoms with Gasteiger partial charge in [0.25, 0.3) is 0 Å². The van der Waals surface area contributed by atoms with Crippen LogP contribution >= 0.6 is 0 Å². The second kappa shape index (κ2) is 6.27. The van der Waals surface area contributed by atoms with Crippen LogP contribution in [-0.2, 0) is 6.54 Å². The number of carbonyl (C=O) groups excluding carboxylic acids is 1. The Bertz CT molecular complexity index is 431. The lowest BCUT2D eigenvalue weighted by atomic mass is 10.1. The highest BCUT2D eigenvalue weighted by atomic mass is 16.2. The maximum atomic E-state index is 12.1. The lowest BCUT2D eigenvalue weighted by Gasteiger charge is -2.36. The summed E-state index contributed by atoms with van der Waals surface area (Å²) in [6.45, 7) is 10.5. The van der Waals surface area contributed by atoms with E-state index in [1.54, 1.807) is 0 Å². The Kier molecular flexibility index (Phi) is 4.65. The number of nitrogens with zero attached hydrogens (tertiary/aromatic N) is 2. The van der Waals surface area contributed by atoms with Crippen molar-refractivity contribution in [1.82, 2.24) is 15.1 Å². The molecule has 0 aliphatic carbocycles. The molecule has 0 bridgehead atoms. The van der Waals surface area contributed by atoms with E-state index in [4.69, 9.17) is 0 Å². The Balaban J connectivity index is 1.79. The van der Waals surface area contributed by atoms with E-state index in [-0.39, 0.29) is 11.6 Å². The molecule has 0 spiro atoms. The Morgan fingerprint density at radius 3 is 2.25 bits per heavy atom. The van der Waals surface area contributed by atoms with Crippen LogP contribution in [0.25, 0.3) is 0 Å². The minimum atomic E-state index is -0.168. The first-order valence-electron chi connectivity index (χ1n) is 7.27. The number of rotatable bonds is 2. The van der Waals surface area contributed by atoms with Crippen LogP contribution in [0.2, 0.25) is 0 Å². The monoisotopic (exact) mass is 275 g/mol. The molecule has 4 heteroatoms. The Hall–Kier alpha value is -1.55. The molecule has 4 nitrogen and oxygen atoms in total. The van der Waals surface area contributed by atoms with Gasteiger partial charge in [-0.25, -0.2) is 4.79 Å². The summed E-state index contributed by atoms with van der Waals surface area (Å²) < 4.78 is 0. The van der Waals surface area contributed by atoms with Gasteiger partial charge in [-0.2, -0.15) is 0 Å². The van der Waals surface area contributed by atoms with Gasteiger partial charge < -0.3 is 10.2 Å². The second-order valence-corrected chi connectivity index (χ2v) is 6.43. The maximum absolute atomic E-state index is 12.1. The number of hydrogen-bond acceptors (Lipinski definition) is 2. The fraction of sp³-hybridized carbons (Fsp3) is 0.562. The fourth-order valence-corrected chi connectivity index (χ4v) is 2.35. The first kappa shape index (κ1) is 14.9. The van der Waals surface area contributed by atoms with Gasteiger partial charge in [0.15, 0.2) is 0 Å². The number of amides is 2. The van der Waals surface area contributed by atoms with Crippen molar-refractivity contribution in [3.05, 3.63) is 35.9 Å². The summed E-state index contributed by atoms with van der Waals surface area (Å²) in [4.78, 5) is 16.4. The van der Waals surface area contributed by atoms with Crippen LogP contribution in [0.4, 0.5) is 4.79 Å². The largest absolute Gasteiger partial charge is 0.333 e. The summed E-state index contributed by atoms with van der Waals surface area (Å²) in [5, 5.41) is 3.02. The molecule has 2 rings (SSSR count). The molecule has 20 heavy (non-hydrogen) atoms. The highest BCUT2D eigenvalue weighted by molar-refractivity contribution is 5.75. The summed E-state index contributed by atoms with van der Waals surface area (Å²) in [6.07, 6.45) is 0. The molecule has 1 heterocycles. The van der Waals surface area contributed by atoms with Crippen molar-refractivity contribution in [1.29, 1.82) is 0 Å². The molecule has 1 aromatic rings. The zero-order valence-electron chi connectivity index (χ0n) is 12.7. The Labute approximate surface area is 121 Å². The van der Waals surface area contributed by atoms with Crippen molar-refractivity contribution in [2.24, 2.45) is 0 Å². The average molecular weight is 275 g/mol. The molecule has 110 valence electrons. The standard InChI is InChI=1S/C16H25N3O/c1-16(2,3)17-15(20)19-11-9-18(10-12-19)13-14-7-5-4-6-8-14/h4-8H,9-13H2,1-3H3,(H,17,20). The highest BCUT2D eigenvalue weighted by Gasteiger charge is 2.23. The van der Waals surface area contributed by atoms with E-state index >= 15 is 0 Å². The third kappa shape index (κ3) is 4.53. The van der Waals surface area contributed by atoms with E-state index in [1.807, 2.05) is 31.7 Å². The predicted molar refractivity (Wildman–Crippen MR) is 81.6 cm³/mol. The SMILES string of the molecule is CC(C)(C)NC(=O)N1CCN(Cc2ccccc2)CC1. The minimum Gasteiger partial charge on any atom is -0.333 e. The van der Waals surface area contributed by atoms with Crippen LogP contribution in [0.3, 0.4) is 0 Å². The fourth-order valence-electron chi connectivity index (χ4n) is 2.35. The molecule has 1 saturated heterocycles. The van der Waals surface area contributed by atoms with Crippen LogP contribution in [-0.4, -0.2) is 47.5 Å². The van der Waals surface area contributed by atoms with Crippen LogP contribution in [0.1, 0.15) is 26.3 Å². The van der Waals surface area contributed by atoms with E-state index in [9.17, 15) is 4.79 Å². The van der Waals surface area contributed by atoms with Gasteiger partial charge in [-0.3, -0.25) is 4.90 Å². The molecule has 0 saturated carbocycles. The van der Waals surface area contributed by atoms with Gasteiger partial charge >= 0.3 is 6.03 Å². The van der Waals surface area contributed by atoms with Gasteiger partial charge in [-0.05, 0) is 26.3 Å². The molecule has 0 atom stereocenters. The van der Waals surface area contributed by atoms with Crippen LogP contribution < -0.4 is 5.32 Å². The molecule has 0 aromatic heterocycles. The third-order valence-electron chi connectivity index (χ3n) is 3.39. The smallest absolute Gasteiger partial charge is 0.317 e. The number of hydrogen-bond donors (Lipinski definition) is 1. The van der Waals surface area contributed by atoms with Crippen molar-refractivity contribution in [3.8, 4) is 0 Å². The van der Waals surface area contributed by atoms with E-state index in [2.05, 4.69) is 34.5 Å². The molecular weight excluding hydrogens is 250 g/mol. The Morgan fingerprint density at radius 1 is 1.10 bits per heavy atom. The first-order chi connectivity index (χ1) is 9.44. The van der Waals surface area contributed by atoms with Crippen molar-refractivity contribution >= 4 is 6.03 Å². The summed E-state index contributed by atoms with van der Waals surface area (Å²) in [5.41, 5.74) is 1.17. The van der Waals surface area contributed by atoms with Gasteiger partial charge in [-0.15, -0.1) is 0 Å². The molecule has 1 aliphatic rings. The third-order valence-corrected chi connectivity index (χ3v) is 3.39. The number of nitrogens with one attached hydrogen (secondary N) is 1. The molecule has 1 N–H and O–H groups in total. The lowest BCUT2D eigenvalue weighted by Crippen LogP contribution is -2.54. The second-order valence-electron chi connectivity index (χ2n) is 6.43. The predicted octanol–water partition coefficient (Wildman–Crippen LogP) is 2.31. The first-order valence-corrected chi connectivity index (χ1v) is 7.27. The van der Waals surface area contributed by atoms with Gasteiger partial charge in [-0.1, -0.05) is 30.3 Å². The van der Waals surface area contributed by atoms with Gasteiger partial charge in [0.1, 0.15) is 0 Å². The molecule has 1 aliphatic heterocycles. The molecule has 0 radical (unpaired) electrons. The number of benzene rings is 1. The number of piperazine rings is 1. The highest BCUT2D eigenvalue weighted by Crippen LogP contribution is 2.09. The summed E-state index contributed by atoms with van der Waals surface area (Å²) >= 11 is 0. The molecule has 2 amide bonds. The number of urea groups is 1. The van der Waals surface area contributed by atoms with Crippen molar-refractivity contribution in [2.75, 3.05) is 26.2 Å². The topological polar surface area (TPSA) is 35.6 Å². The Morgan fingerprint density at radius 2 is 1.70 bits per heavy atom. The van der Waals surface area contributed by atoms with Gasteiger partial charge in [0, 0.05) is 38.3 Å². The van der Waals surface area contributed by atoms with Crippen molar-refractivity contribution in [2.45, 2.75) is 32.9 Å². The van der Waals surface area contributed by atoms with E-state index in [0.717, 1.165) is 32.7 Å². The van der Waals surface area contributed by atoms with Crippen LogP contribution in [0.15, 0.2) is 30.3 Å². The van der Waals surface area contributed by atoms with Gasteiger partial charge in [0.05, 0.1) is 0 Å². The molecule has 1 aromatic carbocycles. The minimum absolute atomic E-state index is 0.0526. The average Bonchev–Trinajstić information content (AvgIpc) is 2.39. The zero-order valence-corrected chi connectivity index (χ0v) is 12.7. The normalized spacial score (nSPS) is 17.1. The van der Waals surface area contributed by atoms with E-state index < -0.39 is 0 Å². The van der Waals surface area contributed by atoms with Crippen LogP contribution in [0.5, 0.6) is 0 Å². The van der Waals surface area contributed by atoms with Crippen LogP contribution in [0, 0.1) is 0 Å². The maximum Gasteiger partial charge on any atom is 0.317 e. The quantitative estimate of drug-likeness (QED) is 0.899. The molecule has 1 fully saturated rings. The molecule has 0 unspecified atom stereocenters. The summed E-state index contributed by atoms with van der Waals surface area (Å²) in [7, 11) is 0. The molecular formula is C16H25N3O. The van der Waals surface area contributed by atoms with E-state index in [0.29, 0.717) is 0 Å². The van der Waals surface area contributed by atoms with Crippen molar-refractivity contribution < 1.29 is 4.79 Å². The zero-order chi connectivity index (χ0) is 14.6. The van der Waals surface area contributed by atoms with Crippen molar-refractivity contribution in [3.63, 3.8) is 0 Å². The summed E-state index contributed by atoms with van der Waals surface area (Å²) in [5.74, 6) is 0. The van der Waals surface area contributed by atoms with E-state index in [1.165, 1.54) is 5.56 Å². The van der Waals surface area contributed by atoms with Gasteiger partial charge in [0.2, 0.25) is 0 Å². The number of carbonyl (C=O) groups is 1. The lowest BCUT2D eigenvalue weighted by molar-refractivity contribution is 0.131. The summed E-state index contributed by atoms with van der Waals surface area (Å²) in [6, 6.07) is 10.5.